The van der Waals surface area contributed by atoms with E-state index in [0.717, 1.165) is 17.4 Å². The van der Waals surface area contributed by atoms with E-state index < -0.39 is 0 Å². The molecule has 0 radical (unpaired) electrons. The van der Waals surface area contributed by atoms with Crippen LogP contribution in [-0.4, -0.2) is 13.4 Å². The van der Waals surface area contributed by atoms with Crippen LogP contribution in [0.15, 0.2) is 36.4 Å². The zero-order valence-electron chi connectivity index (χ0n) is 9.61. The highest BCUT2D eigenvalue weighted by molar-refractivity contribution is 6.33. The van der Waals surface area contributed by atoms with Crippen molar-refractivity contribution >= 4 is 29.5 Å². The van der Waals surface area contributed by atoms with Crippen LogP contribution in [0.3, 0.4) is 0 Å². The first-order valence-corrected chi connectivity index (χ1v) is 6.00. The van der Waals surface area contributed by atoms with Crippen LogP contribution in [0.2, 0.25) is 10.0 Å². The summed E-state index contributed by atoms with van der Waals surface area (Å²) in [5.74, 6) is 0.393. The zero-order chi connectivity index (χ0) is 13.1. The molecule has 2 aromatic carbocycles. The van der Waals surface area contributed by atoms with E-state index in [4.69, 9.17) is 27.9 Å². The van der Waals surface area contributed by atoms with Gasteiger partial charge >= 0.3 is 0 Å². The summed E-state index contributed by atoms with van der Waals surface area (Å²) in [6.07, 6.45) is 0.726. The van der Waals surface area contributed by atoms with Gasteiger partial charge in [-0.25, -0.2) is 0 Å². The Hall–Kier alpha value is -1.51. The van der Waals surface area contributed by atoms with Gasteiger partial charge in [0.15, 0.2) is 6.29 Å². The second kappa shape index (κ2) is 5.42. The summed E-state index contributed by atoms with van der Waals surface area (Å²) in [6.45, 7) is 0. The molecular weight excluding hydrogens is 271 g/mol. The maximum absolute atomic E-state index is 11.0. The molecule has 0 aliphatic heterocycles. The molecular formula is C14H10Cl2O2. The van der Waals surface area contributed by atoms with Gasteiger partial charge in [0.1, 0.15) is 5.75 Å². The van der Waals surface area contributed by atoms with E-state index in [1.54, 1.807) is 24.3 Å². The number of methoxy groups -OCH3 is 1. The lowest BCUT2D eigenvalue weighted by Gasteiger charge is -2.09. The summed E-state index contributed by atoms with van der Waals surface area (Å²) in [6, 6.07) is 10.8. The monoisotopic (exact) mass is 280 g/mol. The number of benzene rings is 2. The molecule has 0 saturated carbocycles. The Labute approximate surface area is 115 Å². The second-order valence-corrected chi connectivity index (χ2v) is 4.55. The quantitative estimate of drug-likeness (QED) is 0.775. The highest BCUT2D eigenvalue weighted by Crippen LogP contribution is 2.33. The Morgan fingerprint density at radius 3 is 2.28 bits per heavy atom. The molecule has 0 spiro atoms. The predicted molar refractivity (Wildman–Crippen MR) is 73.8 cm³/mol. The number of carbonyl (C=O) groups is 1. The summed E-state index contributed by atoms with van der Waals surface area (Å²) in [4.78, 5) is 11.0. The van der Waals surface area contributed by atoms with Gasteiger partial charge in [-0.2, -0.15) is 0 Å². The molecule has 2 nitrogen and oxygen atoms in total. The Morgan fingerprint density at radius 1 is 1.06 bits per heavy atom. The van der Waals surface area contributed by atoms with Gasteiger partial charge < -0.3 is 4.74 Å². The first-order valence-electron chi connectivity index (χ1n) is 5.24. The molecule has 0 fully saturated rings. The maximum atomic E-state index is 11.0. The third-order valence-electron chi connectivity index (χ3n) is 2.58. The van der Waals surface area contributed by atoms with E-state index in [9.17, 15) is 4.79 Å². The van der Waals surface area contributed by atoms with Crippen molar-refractivity contribution in [3.63, 3.8) is 0 Å². The van der Waals surface area contributed by atoms with Crippen LogP contribution in [0, 0.1) is 0 Å². The average Bonchev–Trinajstić information content (AvgIpc) is 2.38. The van der Waals surface area contributed by atoms with E-state index in [1.165, 1.54) is 7.11 Å². The summed E-state index contributed by atoms with van der Waals surface area (Å²) in [7, 11) is 1.48. The minimum Gasteiger partial charge on any atom is -0.494 e. The molecule has 2 rings (SSSR count). The molecule has 0 aromatic heterocycles. The third kappa shape index (κ3) is 2.50. The van der Waals surface area contributed by atoms with Crippen molar-refractivity contribution in [2.45, 2.75) is 0 Å². The third-order valence-corrected chi connectivity index (χ3v) is 3.11. The molecule has 0 heterocycles. The summed E-state index contributed by atoms with van der Waals surface area (Å²) >= 11 is 11.9. The van der Waals surface area contributed by atoms with Crippen LogP contribution in [-0.2, 0) is 0 Å². The van der Waals surface area contributed by atoms with Gasteiger partial charge in [-0.3, -0.25) is 4.79 Å². The van der Waals surface area contributed by atoms with Gasteiger partial charge in [-0.1, -0.05) is 35.3 Å². The predicted octanol–water partition coefficient (Wildman–Crippen LogP) is 4.48. The average molecular weight is 281 g/mol. The number of ether oxygens (including phenoxy) is 1. The Kier molecular flexibility index (Phi) is 3.90. The summed E-state index contributed by atoms with van der Waals surface area (Å²) < 4.78 is 5.09. The lowest BCUT2D eigenvalue weighted by atomic mass is 10.0. The van der Waals surface area contributed by atoms with Gasteiger partial charge in [0.05, 0.1) is 17.7 Å². The SMILES string of the molecule is COc1c(Cl)cc(-c2ccc(Cl)cc2)cc1C=O. The van der Waals surface area contributed by atoms with E-state index in [1.807, 2.05) is 12.1 Å². The number of aldehydes is 1. The van der Waals surface area contributed by atoms with Crippen LogP contribution >= 0.6 is 23.2 Å². The molecule has 18 heavy (non-hydrogen) atoms. The van der Waals surface area contributed by atoms with Crippen molar-refractivity contribution in [2.24, 2.45) is 0 Å². The molecule has 4 heteroatoms. The second-order valence-electron chi connectivity index (χ2n) is 3.71. The minimum atomic E-state index is 0.393. The minimum absolute atomic E-state index is 0.393. The molecule has 92 valence electrons. The normalized spacial score (nSPS) is 10.2. The highest BCUT2D eigenvalue weighted by Gasteiger charge is 2.10. The van der Waals surface area contributed by atoms with Crippen molar-refractivity contribution in [3.05, 3.63) is 52.0 Å². The van der Waals surface area contributed by atoms with E-state index in [-0.39, 0.29) is 0 Å². The Bertz CT molecular complexity index is 577. The molecule has 0 saturated heterocycles. The van der Waals surface area contributed by atoms with Gasteiger partial charge in [-0.15, -0.1) is 0 Å². The molecule has 0 unspecified atom stereocenters. The van der Waals surface area contributed by atoms with E-state index in [0.29, 0.717) is 21.4 Å². The van der Waals surface area contributed by atoms with E-state index in [2.05, 4.69) is 0 Å². The fourth-order valence-electron chi connectivity index (χ4n) is 1.73. The van der Waals surface area contributed by atoms with Gasteiger partial charge in [0.25, 0.3) is 0 Å². The van der Waals surface area contributed by atoms with Crippen LogP contribution < -0.4 is 4.74 Å². The molecule has 0 amide bonds. The van der Waals surface area contributed by atoms with Crippen molar-refractivity contribution in [1.29, 1.82) is 0 Å². The summed E-state index contributed by atoms with van der Waals surface area (Å²) in [5.41, 5.74) is 2.21. The molecule has 0 bridgehead atoms. The van der Waals surface area contributed by atoms with Gasteiger partial charge in [-0.05, 0) is 35.4 Å². The highest BCUT2D eigenvalue weighted by atomic mass is 35.5. The van der Waals surface area contributed by atoms with Crippen LogP contribution in [0.25, 0.3) is 11.1 Å². The molecule has 0 aliphatic rings. The lowest BCUT2D eigenvalue weighted by Crippen LogP contribution is -1.92. The number of halogens is 2. The van der Waals surface area contributed by atoms with Gasteiger partial charge in [0.2, 0.25) is 0 Å². The number of hydrogen-bond acceptors (Lipinski definition) is 2. The number of carbonyl (C=O) groups excluding carboxylic acids is 1. The first-order chi connectivity index (χ1) is 8.65. The van der Waals surface area contributed by atoms with Crippen molar-refractivity contribution < 1.29 is 9.53 Å². The van der Waals surface area contributed by atoms with Crippen molar-refractivity contribution in [2.75, 3.05) is 7.11 Å². The first kappa shape index (κ1) is 12.9. The summed E-state index contributed by atoms with van der Waals surface area (Å²) in [5, 5.41) is 1.07. The molecule has 0 aliphatic carbocycles. The number of rotatable bonds is 3. The van der Waals surface area contributed by atoms with Crippen molar-refractivity contribution in [1.82, 2.24) is 0 Å². The molecule has 0 atom stereocenters. The topological polar surface area (TPSA) is 26.3 Å². The largest absolute Gasteiger partial charge is 0.494 e. The van der Waals surface area contributed by atoms with E-state index >= 15 is 0 Å². The Balaban J connectivity index is 2.55. The fourth-order valence-corrected chi connectivity index (χ4v) is 2.16. The van der Waals surface area contributed by atoms with Crippen LogP contribution in [0.5, 0.6) is 5.75 Å². The standard InChI is InChI=1S/C14H10Cl2O2/c1-18-14-11(8-17)6-10(7-13(14)16)9-2-4-12(15)5-3-9/h2-8H,1H3. The smallest absolute Gasteiger partial charge is 0.153 e. The number of hydrogen-bond donors (Lipinski definition) is 0. The lowest BCUT2D eigenvalue weighted by molar-refractivity contribution is 0.112. The van der Waals surface area contributed by atoms with Crippen molar-refractivity contribution in [3.8, 4) is 16.9 Å². The van der Waals surface area contributed by atoms with Gasteiger partial charge in [0, 0.05) is 5.02 Å². The molecule has 2 aromatic rings. The molecule has 0 N–H and O–H groups in total. The van der Waals surface area contributed by atoms with Crippen LogP contribution in [0.1, 0.15) is 10.4 Å². The fraction of sp³-hybridized carbons (Fsp3) is 0.0714. The maximum Gasteiger partial charge on any atom is 0.153 e. The van der Waals surface area contributed by atoms with Crippen LogP contribution in [0.4, 0.5) is 0 Å². The Morgan fingerprint density at radius 2 is 1.72 bits per heavy atom. The zero-order valence-corrected chi connectivity index (χ0v) is 11.1.